The van der Waals surface area contributed by atoms with E-state index in [9.17, 15) is 19.5 Å². The summed E-state index contributed by atoms with van der Waals surface area (Å²) in [5.74, 6) is -0.931. The fraction of sp³-hybridized carbons (Fsp3) is 0.696. The maximum absolute atomic E-state index is 12.6. The van der Waals surface area contributed by atoms with E-state index in [4.69, 9.17) is 18.6 Å². The normalized spacial score (nSPS) is 38.5. The summed E-state index contributed by atoms with van der Waals surface area (Å²) in [6, 6.07) is 1.69. The van der Waals surface area contributed by atoms with Gasteiger partial charge in [-0.3, -0.25) is 9.59 Å². The van der Waals surface area contributed by atoms with Gasteiger partial charge in [-0.15, -0.1) is 0 Å². The van der Waals surface area contributed by atoms with Gasteiger partial charge in [-0.05, 0) is 34.1 Å². The van der Waals surface area contributed by atoms with Gasteiger partial charge < -0.3 is 23.7 Å². The van der Waals surface area contributed by atoms with Crippen molar-refractivity contribution in [1.29, 1.82) is 0 Å². The van der Waals surface area contributed by atoms with Crippen LogP contribution in [0.5, 0.6) is 5.75 Å². The number of aryl methyl sites for hydroxylation is 1. The number of aliphatic hydroxyl groups excluding tert-OH is 1. The van der Waals surface area contributed by atoms with Crippen molar-refractivity contribution < 1.29 is 33.3 Å². The van der Waals surface area contributed by atoms with Gasteiger partial charge in [-0.1, -0.05) is 6.92 Å². The summed E-state index contributed by atoms with van der Waals surface area (Å²) in [4.78, 5) is 37.1. The van der Waals surface area contributed by atoms with Crippen molar-refractivity contribution in [2.24, 2.45) is 17.3 Å². The summed E-state index contributed by atoms with van der Waals surface area (Å²) >= 11 is 0. The Morgan fingerprint density at radius 1 is 1.16 bits per heavy atom. The Morgan fingerprint density at radius 2 is 1.84 bits per heavy atom. The molecule has 1 aromatic heterocycles. The fourth-order valence-electron chi connectivity index (χ4n) is 6.56. The molecule has 8 nitrogen and oxygen atoms in total. The van der Waals surface area contributed by atoms with Crippen LogP contribution >= 0.6 is 0 Å². The number of fused-ring (bicyclic) bond motifs is 4. The van der Waals surface area contributed by atoms with E-state index in [0.29, 0.717) is 29.9 Å². The van der Waals surface area contributed by atoms with Crippen molar-refractivity contribution in [3.05, 3.63) is 27.8 Å². The molecule has 170 valence electrons. The number of hydrogen-bond donors (Lipinski definition) is 1. The monoisotopic (exact) mass is 434 g/mol. The van der Waals surface area contributed by atoms with E-state index in [1.54, 1.807) is 26.8 Å². The largest absolute Gasteiger partial charge is 0.486 e. The number of carbonyl (C=O) groups is 2. The van der Waals surface area contributed by atoms with E-state index in [0.717, 1.165) is 0 Å². The number of hydrogen-bond acceptors (Lipinski definition) is 8. The van der Waals surface area contributed by atoms with Crippen LogP contribution in [-0.2, 0) is 25.5 Å². The zero-order valence-electron chi connectivity index (χ0n) is 18.8. The molecule has 6 atom stereocenters. The van der Waals surface area contributed by atoms with Gasteiger partial charge in [-0.25, -0.2) is 4.79 Å². The highest BCUT2D eigenvalue weighted by atomic mass is 16.6. The Kier molecular flexibility index (Phi) is 4.81. The molecule has 8 heteroatoms. The Bertz CT molecular complexity index is 994. The van der Waals surface area contributed by atoms with Crippen LogP contribution in [0.4, 0.5) is 0 Å². The zero-order valence-corrected chi connectivity index (χ0v) is 18.8. The summed E-state index contributed by atoms with van der Waals surface area (Å²) < 4.78 is 23.2. The molecule has 1 saturated carbocycles. The highest BCUT2D eigenvalue weighted by molar-refractivity contribution is 5.71. The number of ether oxygens (including phenoxy) is 3. The second kappa shape index (κ2) is 6.82. The van der Waals surface area contributed by atoms with Crippen molar-refractivity contribution >= 4 is 11.9 Å². The Morgan fingerprint density at radius 3 is 2.48 bits per heavy atom. The minimum atomic E-state index is -1.07. The van der Waals surface area contributed by atoms with Gasteiger partial charge in [0.2, 0.25) is 0 Å². The van der Waals surface area contributed by atoms with E-state index in [2.05, 4.69) is 0 Å². The average Bonchev–Trinajstić information content (AvgIpc) is 2.64. The molecule has 1 N–H and O–H groups in total. The molecule has 1 aromatic rings. The molecule has 31 heavy (non-hydrogen) atoms. The molecule has 1 saturated heterocycles. The van der Waals surface area contributed by atoms with Crippen LogP contribution in [0.2, 0.25) is 0 Å². The lowest BCUT2D eigenvalue weighted by atomic mass is 9.48. The van der Waals surface area contributed by atoms with Crippen LogP contribution in [-0.4, -0.2) is 40.5 Å². The molecule has 0 amide bonds. The number of esters is 2. The van der Waals surface area contributed by atoms with Gasteiger partial charge in [0.15, 0.2) is 0 Å². The summed E-state index contributed by atoms with van der Waals surface area (Å²) in [6.07, 6.45) is -1.26. The third kappa shape index (κ3) is 3.26. The average molecular weight is 434 g/mol. The SMILES string of the molecule is CC(=O)O[C@@H]1C[C@@]2(C)Oc3cc(C)oc(=O)c3C[C@@H]2[C@@]2(C)[C@@H](O)CC(=O)OC(C)(C)[C@H]12. The highest BCUT2D eigenvalue weighted by Crippen LogP contribution is 2.61. The molecule has 0 unspecified atom stereocenters. The van der Waals surface area contributed by atoms with Gasteiger partial charge >= 0.3 is 17.6 Å². The number of carbonyl (C=O) groups excluding carboxylic acids is 2. The van der Waals surface area contributed by atoms with Crippen molar-refractivity contribution in [2.75, 3.05) is 0 Å². The Labute approximate surface area is 180 Å². The smallest absolute Gasteiger partial charge is 0.342 e. The molecular formula is C23H30O8. The van der Waals surface area contributed by atoms with E-state index < -0.39 is 52.3 Å². The standard InChI is InChI=1S/C23H30O8/c1-11-7-14-13(20(27)28-11)8-16-22(5,30-14)10-15(29-12(2)24)19-21(3,4)31-18(26)9-17(25)23(16,19)6/h7,15-17,19,25H,8-10H2,1-6H3/t15-,16+,17+,19+,22-,23+/m1/s1. The summed E-state index contributed by atoms with van der Waals surface area (Å²) in [5, 5.41) is 11.3. The van der Waals surface area contributed by atoms with Crippen LogP contribution < -0.4 is 10.4 Å². The van der Waals surface area contributed by atoms with Crippen LogP contribution in [0.25, 0.3) is 0 Å². The Hall–Kier alpha value is -2.35. The topological polar surface area (TPSA) is 112 Å². The lowest BCUT2D eigenvalue weighted by molar-refractivity contribution is -0.237. The van der Waals surface area contributed by atoms with E-state index in [1.165, 1.54) is 6.92 Å². The number of rotatable bonds is 1. The second-order valence-electron chi connectivity index (χ2n) is 10.2. The number of aliphatic hydroxyl groups is 1. The van der Waals surface area contributed by atoms with Crippen molar-refractivity contribution in [2.45, 2.75) is 84.2 Å². The molecule has 2 aliphatic heterocycles. The predicted molar refractivity (Wildman–Crippen MR) is 109 cm³/mol. The summed E-state index contributed by atoms with van der Waals surface area (Å²) in [7, 11) is 0. The predicted octanol–water partition coefficient (Wildman–Crippen LogP) is 2.30. The van der Waals surface area contributed by atoms with E-state index >= 15 is 0 Å². The summed E-state index contributed by atoms with van der Waals surface area (Å²) in [6.45, 7) is 10.4. The minimum Gasteiger partial charge on any atom is -0.486 e. The zero-order chi connectivity index (χ0) is 22.9. The first-order chi connectivity index (χ1) is 14.3. The van der Waals surface area contributed by atoms with E-state index in [1.807, 2.05) is 13.8 Å². The second-order valence-corrected chi connectivity index (χ2v) is 10.2. The molecule has 3 heterocycles. The molecule has 0 bridgehead atoms. The first-order valence-electron chi connectivity index (χ1n) is 10.7. The van der Waals surface area contributed by atoms with Crippen LogP contribution in [0.1, 0.15) is 58.8 Å². The molecule has 3 aliphatic rings. The van der Waals surface area contributed by atoms with Crippen LogP contribution in [0.3, 0.4) is 0 Å². The molecule has 0 spiro atoms. The van der Waals surface area contributed by atoms with Gasteiger partial charge in [0.1, 0.15) is 28.8 Å². The fourth-order valence-corrected chi connectivity index (χ4v) is 6.56. The molecule has 1 aliphatic carbocycles. The minimum absolute atomic E-state index is 0.189. The Balaban J connectivity index is 1.93. The maximum Gasteiger partial charge on any atom is 0.342 e. The van der Waals surface area contributed by atoms with Crippen LogP contribution in [0, 0.1) is 24.2 Å². The lowest BCUT2D eigenvalue weighted by Gasteiger charge is -2.62. The molecule has 4 rings (SSSR count). The molecular weight excluding hydrogens is 404 g/mol. The third-order valence-corrected chi connectivity index (χ3v) is 7.54. The molecule has 2 fully saturated rings. The van der Waals surface area contributed by atoms with Gasteiger partial charge in [0, 0.05) is 36.7 Å². The molecule has 0 radical (unpaired) electrons. The lowest BCUT2D eigenvalue weighted by Crippen LogP contribution is -2.69. The van der Waals surface area contributed by atoms with Gasteiger partial charge in [-0.2, -0.15) is 0 Å². The number of cyclic esters (lactones) is 1. The summed E-state index contributed by atoms with van der Waals surface area (Å²) in [5.41, 5.74) is -2.85. The first-order valence-corrected chi connectivity index (χ1v) is 10.7. The van der Waals surface area contributed by atoms with Crippen molar-refractivity contribution in [1.82, 2.24) is 0 Å². The molecule has 0 aromatic carbocycles. The van der Waals surface area contributed by atoms with Crippen molar-refractivity contribution in [3.8, 4) is 5.75 Å². The van der Waals surface area contributed by atoms with Crippen LogP contribution in [0.15, 0.2) is 15.3 Å². The van der Waals surface area contributed by atoms with Gasteiger partial charge in [0.25, 0.3) is 0 Å². The van der Waals surface area contributed by atoms with E-state index in [-0.39, 0.29) is 12.3 Å². The third-order valence-electron chi connectivity index (χ3n) is 7.54. The van der Waals surface area contributed by atoms with Gasteiger partial charge in [0.05, 0.1) is 18.1 Å². The highest BCUT2D eigenvalue weighted by Gasteiger charge is 2.68. The quantitative estimate of drug-likeness (QED) is 0.670. The maximum atomic E-state index is 12.6. The van der Waals surface area contributed by atoms with Crippen molar-refractivity contribution in [3.63, 3.8) is 0 Å². The first kappa shape index (κ1) is 21.9.